The quantitative estimate of drug-likeness (QED) is 0.855. The van der Waals surface area contributed by atoms with Crippen LogP contribution in [0.5, 0.6) is 5.88 Å². The van der Waals surface area contributed by atoms with E-state index in [9.17, 15) is 0 Å². The van der Waals surface area contributed by atoms with Gasteiger partial charge in [-0.05, 0) is 23.2 Å². The van der Waals surface area contributed by atoms with Crippen molar-refractivity contribution in [2.24, 2.45) is 0 Å². The van der Waals surface area contributed by atoms with Crippen molar-refractivity contribution in [3.05, 3.63) is 29.2 Å². The number of halogens is 1. The number of aromatic nitrogens is 4. The fourth-order valence-corrected chi connectivity index (χ4v) is 1.46. The number of anilines is 2. The molecule has 0 unspecified atom stereocenters. The molecule has 2 rings (SSSR count). The Labute approximate surface area is 108 Å². The summed E-state index contributed by atoms with van der Waals surface area (Å²) < 4.78 is 5.02. The zero-order chi connectivity index (χ0) is 13.0. The van der Waals surface area contributed by atoms with Crippen LogP contribution in [-0.2, 0) is 6.54 Å². The van der Waals surface area contributed by atoms with E-state index >= 15 is 0 Å². The molecule has 2 aromatic rings. The van der Waals surface area contributed by atoms with Crippen molar-refractivity contribution in [2.45, 2.75) is 6.54 Å². The number of pyridine rings is 1. The van der Waals surface area contributed by atoms with Gasteiger partial charge in [0.1, 0.15) is 0 Å². The molecular formula is C10H11ClN6O. The number of ether oxygens (including phenoxy) is 1. The van der Waals surface area contributed by atoms with Crippen LogP contribution in [0.2, 0.25) is 5.28 Å². The molecule has 2 aromatic heterocycles. The average molecular weight is 267 g/mol. The van der Waals surface area contributed by atoms with Crippen LogP contribution in [0.4, 0.5) is 11.9 Å². The van der Waals surface area contributed by atoms with Crippen LogP contribution in [0.3, 0.4) is 0 Å². The summed E-state index contributed by atoms with van der Waals surface area (Å²) >= 11 is 5.67. The maximum absolute atomic E-state index is 5.67. The van der Waals surface area contributed by atoms with Crippen LogP contribution in [0.1, 0.15) is 5.56 Å². The average Bonchev–Trinajstić information content (AvgIpc) is 2.35. The van der Waals surface area contributed by atoms with Crippen molar-refractivity contribution in [1.29, 1.82) is 0 Å². The van der Waals surface area contributed by atoms with Crippen molar-refractivity contribution in [1.82, 2.24) is 19.9 Å². The first-order chi connectivity index (χ1) is 8.67. The molecule has 0 aliphatic heterocycles. The maximum Gasteiger partial charge on any atom is 0.229 e. The molecule has 0 saturated heterocycles. The standard InChI is InChI=1S/C10H11ClN6O/c1-18-7-4-6(2-3-13-7)5-14-10-16-8(11)15-9(12)17-10/h2-4H,5H2,1H3,(H3,12,14,15,16,17). The summed E-state index contributed by atoms with van der Waals surface area (Å²) in [5.74, 6) is 0.940. The highest BCUT2D eigenvalue weighted by atomic mass is 35.5. The van der Waals surface area contributed by atoms with Crippen molar-refractivity contribution in [3.8, 4) is 5.88 Å². The highest BCUT2D eigenvalue weighted by Crippen LogP contribution is 2.11. The summed E-state index contributed by atoms with van der Waals surface area (Å²) in [5.41, 5.74) is 6.43. The highest BCUT2D eigenvalue weighted by molar-refractivity contribution is 6.28. The number of hydrogen-bond donors (Lipinski definition) is 2. The van der Waals surface area contributed by atoms with Gasteiger partial charge in [-0.1, -0.05) is 0 Å². The lowest BCUT2D eigenvalue weighted by Crippen LogP contribution is -2.07. The largest absolute Gasteiger partial charge is 0.481 e. The van der Waals surface area contributed by atoms with E-state index in [4.69, 9.17) is 22.1 Å². The summed E-state index contributed by atoms with van der Waals surface area (Å²) in [5, 5.41) is 3.04. The summed E-state index contributed by atoms with van der Waals surface area (Å²) in [4.78, 5) is 15.5. The number of nitrogens with two attached hydrogens (primary N) is 1. The predicted octanol–water partition coefficient (Wildman–Crippen LogP) is 1.12. The van der Waals surface area contributed by atoms with E-state index in [1.807, 2.05) is 6.07 Å². The van der Waals surface area contributed by atoms with E-state index < -0.39 is 0 Å². The lowest BCUT2D eigenvalue weighted by Gasteiger charge is -2.06. The first kappa shape index (κ1) is 12.3. The Bertz CT molecular complexity index is 529. The molecule has 0 fully saturated rings. The molecule has 0 radical (unpaired) electrons. The number of nitrogens with zero attached hydrogens (tertiary/aromatic N) is 4. The van der Waals surface area contributed by atoms with E-state index in [-0.39, 0.29) is 11.2 Å². The monoisotopic (exact) mass is 266 g/mol. The molecule has 0 bridgehead atoms. The van der Waals surface area contributed by atoms with Gasteiger partial charge in [0.2, 0.25) is 23.1 Å². The third kappa shape index (κ3) is 3.17. The number of nitrogens with one attached hydrogen (secondary N) is 1. The van der Waals surface area contributed by atoms with Crippen molar-refractivity contribution < 1.29 is 4.74 Å². The molecule has 0 aliphatic carbocycles. The SMILES string of the molecule is COc1cc(CNc2nc(N)nc(Cl)n2)ccn1. The molecule has 0 aromatic carbocycles. The van der Waals surface area contributed by atoms with Gasteiger partial charge in [0.15, 0.2) is 0 Å². The van der Waals surface area contributed by atoms with Gasteiger partial charge in [-0.25, -0.2) is 4.98 Å². The lowest BCUT2D eigenvalue weighted by atomic mass is 10.2. The van der Waals surface area contributed by atoms with E-state index in [0.717, 1.165) is 5.56 Å². The Morgan fingerprint density at radius 2 is 2.22 bits per heavy atom. The number of nitrogen functional groups attached to an aromatic ring is 1. The second kappa shape index (κ2) is 5.46. The number of rotatable bonds is 4. The summed E-state index contributed by atoms with van der Waals surface area (Å²) in [7, 11) is 1.56. The molecule has 0 amide bonds. The molecule has 8 heteroatoms. The zero-order valence-corrected chi connectivity index (χ0v) is 10.3. The van der Waals surface area contributed by atoms with Gasteiger partial charge in [0.05, 0.1) is 7.11 Å². The molecule has 94 valence electrons. The summed E-state index contributed by atoms with van der Waals surface area (Å²) in [6.45, 7) is 0.499. The van der Waals surface area contributed by atoms with Gasteiger partial charge < -0.3 is 15.8 Å². The third-order valence-electron chi connectivity index (χ3n) is 2.08. The van der Waals surface area contributed by atoms with Gasteiger partial charge in [0.25, 0.3) is 0 Å². The van der Waals surface area contributed by atoms with E-state index in [1.54, 1.807) is 19.4 Å². The summed E-state index contributed by atoms with van der Waals surface area (Å²) in [6, 6.07) is 3.65. The minimum Gasteiger partial charge on any atom is -0.481 e. The number of methoxy groups -OCH3 is 1. The van der Waals surface area contributed by atoms with Gasteiger partial charge >= 0.3 is 0 Å². The zero-order valence-electron chi connectivity index (χ0n) is 9.59. The van der Waals surface area contributed by atoms with Crippen molar-refractivity contribution in [3.63, 3.8) is 0 Å². The molecular weight excluding hydrogens is 256 g/mol. The lowest BCUT2D eigenvalue weighted by molar-refractivity contribution is 0.397. The Kier molecular flexibility index (Phi) is 3.73. The molecule has 3 N–H and O–H groups in total. The van der Waals surface area contributed by atoms with Crippen LogP contribution in [0.25, 0.3) is 0 Å². The van der Waals surface area contributed by atoms with Crippen molar-refractivity contribution >= 4 is 23.5 Å². The Morgan fingerprint density at radius 3 is 2.94 bits per heavy atom. The van der Waals surface area contributed by atoms with Crippen LogP contribution < -0.4 is 15.8 Å². The summed E-state index contributed by atoms with van der Waals surface area (Å²) in [6.07, 6.45) is 1.66. The van der Waals surface area contributed by atoms with Gasteiger partial charge in [-0.3, -0.25) is 0 Å². The van der Waals surface area contributed by atoms with Gasteiger partial charge in [0, 0.05) is 18.8 Å². The Hall–Kier alpha value is -2.15. The van der Waals surface area contributed by atoms with Gasteiger partial charge in [-0.15, -0.1) is 0 Å². The van der Waals surface area contributed by atoms with Crippen LogP contribution in [0.15, 0.2) is 18.3 Å². The predicted molar refractivity (Wildman–Crippen MR) is 67.4 cm³/mol. The molecule has 0 spiro atoms. The fraction of sp³-hybridized carbons (Fsp3) is 0.200. The van der Waals surface area contributed by atoms with E-state index in [1.165, 1.54) is 0 Å². The molecule has 0 atom stereocenters. The molecule has 0 saturated carbocycles. The first-order valence-corrected chi connectivity index (χ1v) is 5.45. The smallest absolute Gasteiger partial charge is 0.229 e. The second-order valence-corrected chi connectivity index (χ2v) is 3.68. The maximum atomic E-state index is 5.67. The highest BCUT2D eigenvalue weighted by Gasteiger charge is 2.02. The fourth-order valence-electron chi connectivity index (χ4n) is 1.30. The van der Waals surface area contributed by atoms with Gasteiger partial charge in [-0.2, -0.15) is 15.0 Å². The van der Waals surface area contributed by atoms with Crippen molar-refractivity contribution in [2.75, 3.05) is 18.2 Å². The first-order valence-electron chi connectivity index (χ1n) is 5.07. The topological polar surface area (TPSA) is 98.8 Å². The minimum absolute atomic E-state index is 0.0531. The second-order valence-electron chi connectivity index (χ2n) is 3.35. The van der Waals surface area contributed by atoms with Crippen LogP contribution in [0, 0.1) is 0 Å². The molecule has 7 nitrogen and oxygen atoms in total. The number of hydrogen-bond acceptors (Lipinski definition) is 7. The molecule has 0 aliphatic rings. The molecule has 18 heavy (non-hydrogen) atoms. The Morgan fingerprint density at radius 1 is 1.39 bits per heavy atom. The normalized spacial score (nSPS) is 10.1. The van der Waals surface area contributed by atoms with Crippen LogP contribution in [-0.4, -0.2) is 27.0 Å². The Balaban J connectivity index is 2.06. The molecule has 2 heterocycles. The third-order valence-corrected chi connectivity index (χ3v) is 2.25. The van der Waals surface area contributed by atoms with E-state index in [2.05, 4.69) is 25.3 Å². The van der Waals surface area contributed by atoms with Crippen LogP contribution >= 0.6 is 11.6 Å². The van der Waals surface area contributed by atoms with E-state index in [0.29, 0.717) is 18.4 Å². The minimum atomic E-state index is 0.0531.